The first-order valence-electron chi connectivity index (χ1n) is 4.19. The van der Waals surface area contributed by atoms with E-state index in [9.17, 15) is 0 Å². The molecule has 5 heteroatoms. The Morgan fingerprint density at radius 2 is 2.00 bits per heavy atom. The molecule has 0 amide bonds. The van der Waals surface area contributed by atoms with Crippen molar-refractivity contribution in [3.63, 3.8) is 0 Å². The number of anilines is 1. The summed E-state index contributed by atoms with van der Waals surface area (Å²) >= 11 is 0. The molecule has 0 spiro atoms. The van der Waals surface area contributed by atoms with E-state index in [0.29, 0.717) is 5.82 Å². The molecule has 2 rings (SSSR count). The number of nitrogens with two attached hydrogens (primary N) is 1. The van der Waals surface area contributed by atoms with Gasteiger partial charge in [0.15, 0.2) is 5.65 Å². The van der Waals surface area contributed by atoms with Crippen LogP contribution < -0.4 is 5.73 Å². The maximum Gasteiger partial charge on any atom is 0.168 e. The molecule has 0 aliphatic carbocycles. The van der Waals surface area contributed by atoms with E-state index in [4.69, 9.17) is 5.73 Å². The second-order valence-electron chi connectivity index (χ2n) is 2.32. The average Bonchev–Trinajstić information content (AvgIpc) is 2.63. The van der Waals surface area contributed by atoms with Crippen LogP contribution in [0.4, 0.5) is 5.82 Å². The van der Waals surface area contributed by atoms with E-state index in [2.05, 4.69) is 15.2 Å². The van der Waals surface area contributed by atoms with Gasteiger partial charge in [-0.2, -0.15) is 0 Å². The minimum atomic E-state index is 0.505. The number of aryl methyl sites for hydroxylation is 1. The first-order chi connectivity index (χ1) is 6.29. The Labute approximate surface area is 76.6 Å². The molecular weight excluding hydrogens is 166 g/mol. The fourth-order valence-corrected chi connectivity index (χ4v) is 0.931. The summed E-state index contributed by atoms with van der Waals surface area (Å²) in [6, 6.07) is 0. The molecule has 0 aromatic carbocycles. The van der Waals surface area contributed by atoms with Gasteiger partial charge in [0.05, 0.1) is 0 Å². The summed E-state index contributed by atoms with van der Waals surface area (Å²) in [6.07, 6.45) is 3.19. The lowest BCUT2D eigenvalue weighted by molar-refractivity contribution is 1.06. The molecule has 2 N–H and O–H groups in total. The van der Waals surface area contributed by atoms with Crippen LogP contribution in [0.15, 0.2) is 12.7 Å². The van der Waals surface area contributed by atoms with Gasteiger partial charge in [-0.05, 0) is 6.92 Å². The third-order valence-electron chi connectivity index (χ3n) is 1.61. The molecule has 0 radical (unpaired) electrons. The molecule has 0 atom stereocenters. The zero-order chi connectivity index (χ0) is 9.84. The number of nitrogens with zero attached hydrogens (tertiary/aromatic N) is 4. The number of nitrogen functional groups attached to an aromatic ring is 1. The molecule has 5 nitrogen and oxygen atoms in total. The van der Waals surface area contributed by atoms with Crippen LogP contribution >= 0.6 is 0 Å². The van der Waals surface area contributed by atoms with Crippen molar-refractivity contribution in [2.45, 2.75) is 20.8 Å². The van der Waals surface area contributed by atoms with Crippen LogP contribution in [0.25, 0.3) is 5.65 Å². The smallest absolute Gasteiger partial charge is 0.168 e. The van der Waals surface area contributed by atoms with Gasteiger partial charge in [0.1, 0.15) is 18.5 Å². The molecule has 0 saturated carbocycles. The molecule has 0 saturated heterocycles. The van der Waals surface area contributed by atoms with Gasteiger partial charge < -0.3 is 5.73 Å². The number of rotatable bonds is 0. The molecule has 2 heterocycles. The third kappa shape index (κ3) is 1.58. The highest BCUT2D eigenvalue weighted by Crippen LogP contribution is 2.10. The van der Waals surface area contributed by atoms with Crippen LogP contribution in [0.2, 0.25) is 0 Å². The average molecular weight is 179 g/mol. The maximum atomic E-state index is 5.55. The molecule has 0 unspecified atom stereocenters. The molecule has 0 fully saturated rings. The largest absolute Gasteiger partial charge is 0.383 e. The standard InChI is InChI=1S/C6H7N5.C2H6/c1-4-5(7)8-2-11-3-9-10-6(4)11;1-2/h2-3H,7H2,1H3;1-2H3. The summed E-state index contributed by atoms with van der Waals surface area (Å²) in [5, 5.41) is 7.59. The molecular formula is C8H13N5. The number of hydrogen-bond acceptors (Lipinski definition) is 4. The maximum absolute atomic E-state index is 5.55. The highest BCUT2D eigenvalue weighted by molar-refractivity contribution is 5.55. The van der Waals surface area contributed by atoms with Crippen LogP contribution in [0.3, 0.4) is 0 Å². The van der Waals surface area contributed by atoms with Crippen LogP contribution in [0.1, 0.15) is 19.4 Å². The SMILES string of the molecule is CC.Cc1c(N)ncn2cnnc12. The van der Waals surface area contributed by atoms with E-state index < -0.39 is 0 Å². The lowest BCUT2D eigenvalue weighted by atomic mass is 10.3. The highest BCUT2D eigenvalue weighted by Gasteiger charge is 2.02. The second-order valence-corrected chi connectivity index (χ2v) is 2.32. The molecule has 0 bridgehead atoms. The lowest BCUT2D eigenvalue weighted by Crippen LogP contribution is -1.97. The third-order valence-corrected chi connectivity index (χ3v) is 1.61. The summed E-state index contributed by atoms with van der Waals surface area (Å²) in [5.41, 5.74) is 7.18. The van der Waals surface area contributed by atoms with Gasteiger partial charge in [-0.15, -0.1) is 10.2 Å². The summed E-state index contributed by atoms with van der Waals surface area (Å²) in [6.45, 7) is 5.87. The monoisotopic (exact) mass is 179 g/mol. The summed E-state index contributed by atoms with van der Waals surface area (Å²) in [5.74, 6) is 0.505. The van der Waals surface area contributed by atoms with Gasteiger partial charge in [-0.25, -0.2) is 4.98 Å². The van der Waals surface area contributed by atoms with Crippen molar-refractivity contribution in [3.8, 4) is 0 Å². The van der Waals surface area contributed by atoms with Crippen molar-refractivity contribution in [1.82, 2.24) is 19.6 Å². The van der Waals surface area contributed by atoms with E-state index in [0.717, 1.165) is 11.2 Å². The Kier molecular flexibility index (Phi) is 2.79. The summed E-state index contributed by atoms with van der Waals surface area (Å²) < 4.78 is 1.73. The Bertz CT molecular complexity index is 392. The van der Waals surface area contributed by atoms with E-state index in [1.807, 2.05) is 20.8 Å². The molecule has 13 heavy (non-hydrogen) atoms. The Balaban J connectivity index is 0.000000396. The predicted octanol–water partition coefficient (Wildman–Crippen LogP) is 1.04. The van der Waals surface area contributed by atoms with Crippen LogP contribution in [-0.2, 0) is 0 Å². The minimum absolute atomic E-state index is 0.505. The Hall–Kier alpha value is -1.65. The van der Waals surface area contributed by atoms with Gasteiger partial charge >= 0.3 is 0 Å². The van der Waals surface area contributed by atoms with Crippen molar-refractivity contribution in [2.75, 3.05) is 5.73 Å². The highest BCUT2D eigenvalue weighted by atomic mass is 15.2. The van der Waals surface area contributed by atoms with Gasteiger partial charge in [0, 0.05) is 5.56 Å². The zero-order valence-corrected chi connectivity index (χ0v) is 8.02. The van der Waals surface area contributed by atoms with Crippen LogP contribution in [-0.4, -0.2) is 19.6 Å². The normalized spacial score (nSPS) is 9.46. The van der Waals surface area contributed by atoms with E-state index in [1.165, 1.54) is 0 Å². The second kappa shape index (κ2) is 3.84. The summed E-state index contributed by atoms with van der Waals surface area (Å²) in [4.78, 5) is 3.94. The molecule has 0 aliphatic heterocycles. The van der Waals surface area contributed by atoms with Gasteiger partial charge in [0.25, 0.3) is 0 Å². The van der Waals surface area contributed by atoms with Crippen molar-refractivity contribution in [3.05, 3.63) is 18.2 Å². The quantitative estimate of drug-likeness (QED) is 0.656. The number of hydrogen-bond donors (Lipinski definition) is 1. The Morgan fingerprint density at radius 1 is 1.31 bits per heavy atom. The lowest BCUT2D eigenvalue weighted by Gasteiger charge is -1.97. The van der Waals surface area contributed by atoms with Gasteiger partial charge in [-0.3, -0.25) is 4.40 Å². The fourth-order valence-electron chi connectivity index (χ4n) is 0.931. The van der Waals surface area contributed by atoms with Crippen molar-refractivity contribution in [1.29, 1.82) is 0 Å². The summed E-state index contributed by atoms with van der Waals surface area (Å²) in [7, 11) is 0. The van der Waals surface area contributed by atoms with Crippen LogP contribution in [0.5, 0.6) is 0 Å². The van der Waals surface area contributed by atoms with E-state index >= 15 is 0 Å². The topological polar surface area (TPSA) is 69.1 Å². The van der Waals surface area contributed by atoms with Crippen molar-refractivity contribution in [2.24, 2.45) is 0 Å². The first kappa shape index (κ1) is 9.44. The first-order valence-corrected chi connectivity index (χ1v) is 4.19. The van der Waals surface area contributed by atoms with Crippen molar-refractivity contribution < 1.29 is 0 Å². The molecule has 70 valence electrons. The Morgan fingerprint density at radius 3 is 2.69 bits per heavy atom. The molecule has 0 aliphatic rings. The van der Waals surface area contributed by atoms with E-state index in [1.54, 1.807) is 17.1 Å². The fraction of sp³-hybridized carbons (Fsp3) is 0.375. The van der Waals surface area contributed by atoms with Crippen molar-refractivity contribution >= 4 is 11.5 Å². The minimum Gasteiger partial charge on any atom is -0.383 e. The van der Waals surface area contributed by atoms with Crippen LogP contribution in [0, 0.1) is 6.92 Å². The predicted molar refractivity (Wildman–Crippen MR) is 51.3 cm³/mol. The zero-order valence-electron chi connectivity index (χ0n) is 8.02. The molecule has 2 aromatic heterocycles. The number of fused-ring (bicyclic) bond motifs is 1. The van der Waals surface area contributed by atoms with Gasteiger partial charge in [-0.1, -0.05) is 13.8 Å². The van der Waals surface area contributed by atoms with E-state index in [-0.39, 0.29) is 0 Å². The molecule has 2 aromatic rings. The van der Waals surface area contributed by atoms with Gasteiger partial charge in [0.2, 0.25) is 0 Å². The number of aromatic nitrogens is 4.